The molecule has 0 unspecified atom stereocenters. The lowest BCUT2D eigenvalue weighted by Gasteiger charge is -2.13. The van der Waals surface area contributed by atoms with Crippen LogP contribution in [0.1, 0.15) is 0 Å². The zero-order valence-corrected chi connectivity index (χ0v) is 16.3. The first-order valence-electron chi connectivity index (χ1n) is 7.79. The van der Waals surface area contributed by atoms with Crippen LogP contribution in [0.5, 0.6) is 0 Å². The number of methoxy groups -OCH3 is 1. The first kappa shape index (κ1) is 18.6. The molecule has 128 valence electrons. The van der Waals surface area contributed by atoms with Gasteiger partial charge in [0.2, 0.25) is 0 Å². The third kappa shape index (κ3) is 5.12. The van der Waals surface area contributed by atoms with Crippen LogP contribution in [-0.2, 0) is 4.74 Å². The molecular formula is C17H23ClN4OSi. The molecule has 1 N–H and O–H groups in total. The van der Waals surface area contributed by atoms with Gasteiger partial charge in [0, 0.05) is 51.3 Å². The lowest BCUT2D eigenvalue weighted by Crippen LogP contribution is -2.21. The fraction of sp³-hybridized carbons (Fsp3) is 0.353. The summed E-state index contributed by atoms with van der Waals surface area (Å²) >= 11 is 6.15. The second kappa shape index (κ2) is 8.37. The summed E-state index contributed by atoms with van der Waals surface area (Å²) in [5.41, 5.74) is 2.53. The van der Waals surface area contributed by atoms with Gasteiger partial charge in [-0.2, -0.15) is 0 Å². The van der Waals surface area contributed by atoms with Crippen LogP contribution in [0, 0.1) is 0 Å². The molecule has 3 heterocycles. The molecule has 0 saturated heterocycles. The van der Waals surface area contributed by atoms with Gasteiger partial charge < -0.3 is 9.72 Å². The van der Waals surface area contributed by atoms with E-state index >= 15 is 0 Å². The fourth-order valence-electron chi connectivity index (χ4n) is 2.08. The number of fused-ring (bicyclic) bond motifs is 1. The number of nitrogens with one attached hydrogen (secondary N) is 1. The van der Waals surface area contributed by atoms with E-state index in [2.05, 4.69) is 39.6 Å². The van der Waals surface area contributed by atoms with Crippen LogP contribution in [0.25, 0.3) is 22.3 Å². The number of aromatic amines is 1. The number of halogens is 1. The average Bonchev–Trinajstić information content (AvgIpc) is 2.99. The highest BCUT2D eigenvalue weighted by molar-refractivity contribution is 6.76. The highest BCUT2D eigenvalue weighted by Crippen LogP contribution is 2.31. The van der Waals surface area contributed by atoms with E-state index < -0.39 is 8.07 Å². The Morgan fingerprint density at radius 2 is 1.96 bits per heavy atom. The number of rotatable bonds is 4. The molecule has 24 heavy (non-hydrogen) atoms. The van der Waals surface area contributed by atoms with Crippen molar-refractivity contribution in [2.24, 2.45) is 0 Å². The SMILES string of the molecule is COCC[Si](C)(C)C.Clc1ccnc2[nH]cc(-c3ccncn3)c12. The van der Waals surface area contributed by atoms with Crippen molar-refractivity contribution in [1.82, 2.24) is 19.9 Å². The molecule has 0 amide bonds. The standard InChI is InChI=1S/C11H7ClN4.C6H16OSi/c12-8-1-4-14-11-10(8)7(5-15-11)9-2-3-13-6-16-9;1-7-5-6-8(2,3)4/h1-6H,(H,14,15);5-6H2,1-4H3. The van der Waals surface area contributed by atoms with E-state index in [0.717, 1.165) is 28.9 Å². The van der Waals surface area contributed by atoms with Crippen molar-refractivity contribution in [3.05, 3.63) is 42.1 Å². The van der Waals surface area contributed by atoms with E-state index in [4.69, 9.17) is 16.3 Å². The van der Waals surface area contributed by atoms with Crippen LogP contribution in [0.15, 0.2) is 37.1 Å². The molecule has 0 aliphatic heterocycles. The van der Waals surface area contributed by atoms with Crippen molar-refractivity contribution in [2.45, 2.75) is 25.7 Å². The summed E-state index contributed by atoms with van der Waals surface area (Å²) in [4.78, 5) is 15.4. The van der Waals surface area contributed by atoms with Gasteiger partial charge in [0.1, 0.15) is 12.0 Å². The van der Waals surface area contributed by atoms with Crippen LogP contribution in [-0.4, -0.2) is 41.7 Å². The summed E-state index contributed by atoms with van der Waals surface area (Å²) in [6.45, 7) is 8.00. The Bertz CT molecular complexity index is 771. The molecule has 0 spiro atoms. The molecule has 0 aliphatic rings. The summed E-state index contributed by atoms with van der Waals surface area (Å²) in [6.07, 6.45) is 6.74. The lowest BCUT2D eigenvalue weighted by atomic mass is 10.1. The van der Waals surface area contributed by atoms with Gasteiger partial charge in [-0.15, -0.1) is 0 Å². The summed E-state index contributed by atoms with van der Waals surface area (Å²) in [5.74, 6) is 0. The van der Waals surface area contributed by atoms with E-state index in [1.54, 1.807) is 25.6 Å². The number of nitrogens with zero attached hydrogens (tertiary/aromatic N) is 3. The maximum atomic E-state index is 6.15. The molecule has 0 saturated carbocycles. The Labute approximate surface area is 148 Å². The highest BCUT2D eigenvalue weighted by atomic mass is 35.5. The Kier molecular flexibility index (Phi) is 6.48. The smallest absolute Gasteiger partial charge is 0.139 e. The van der Waals surface area contributed by atoms with Gasteiger partial charge >= 0.3 is 0 Å². The van der Waals surface area contributed by atoms with Crippen LogP contribution in [0.2, 0.25) is 30.7 Å². The molecule has 3 aromatic heterocycles. The minimum atomic E-state index is -0.803. The van der Waals surface area contributed by atoms with Crippen LogP contribution >= 0.6 is 11.6 Å². The third-order valence-corrected chi connectivity index (χ3v) is 5.46. The molecular weight excluding hydrogens is 340 g/mol. The van der Waals surface area contributed by atoms with E-state index in [1.807, 2.05) is 12.3 Å². The van der Waals surface area contributed by atoms with E-state index in [0.29, 0.717) is 5.02 Å². The van der Waals surface area contributed by atoms with Crippen LogP contribution < -0.4 is 0 Å². The van der Waals surface area contributed by atoms with E-state index in [1.165, 1.54) is 12.4 Å². The van der Waals surface area contributed by atoms with Gasteiger partial charge in [-0.3, -0.25) is 0 Å². The monoisotopic (exact) mass is 362 g/mol. The molecule has 3 aromatic rings. The number of ether oxygens (including phenoxy) is 1. The number of H-pyrrole nitrogens is 1. The average molecular weight is 363 g/mol. The zero-order chi connectivity index (χ0) is 17.6. The molecule has 0 aromatic carbocycles. The van der Waals surface area contributed by atoms with E-state index in [9.17, 15) is 0 Å². The van der Waals surface area contributed by atoms with Crippen molar-refractivity contribution in [1.29, 1.82) is 0 Å². The molecule has 3 rings (SSSR count). The van der Waals surface area contributed by atoms with Gasteiger partial charge in [0.15, 0.2) is 0 Å². The largest absolute Gasteiger partial charge is 0.385 e. The second-order valence-electron chi connectivity index (χ2n) is 6.62. The Balaban J connectivity index is 0.000000224. The van der Waals surface area contributed by atoms with Gasteiger partial charge in [0.25, 0.3) is 0 Å². The second-order valence-corrected chi connectivity index (χ2v) is 12.6. The zero-order valence-electron chi connectivity index (χ0n) is 14.5. The van der Waals surface area contributed by atoms with Crippen molar-refractivity contribution < 1.29 is 4.74 Å². The lowest BCUT2D eigenvalue weighted by molar-refractivity contribution is 0.214. The predicted molar refractivity (Wildman–Crippen MR) is 102 cm³/mol. The molecule has 7 heteroatoms. The Hall–Kier alpha value is -1.76. The first-order chi connectivity index (χ1) is 11.4. The minimum Gasteiger partial charge on any atom is -0.385 e. The molecule has 0 bridgehead atoms. The number of hydrogen-bond acceptors (Lipinski definition) is 4. The highest BCUT2D eigenvalue weighted by Gasteiger charge is 2.11. The quantitative estimate of drug-likeness (QED) is 0.686. The number of aromatic nitrogens is 4. The van der Waals surface area contributed by atoms with Crippen molar-refractivity contribution >= 4 is 30.7 Å². The van der Waals surface area contributed by atoms with Crippen molar-refractivity contribution in [2.75, 3.05) is 13.7 Å². The van der Waals surface area contributed by atoms with Gasteiger partial charge in [-0.25, -0.2) is 15.0 Å². The molecule has 0 atom stereocenters. The summed E-state index contributed by atoms with van der Waals surface area (Å²) in [6, 6.07) is 4.89. The fourth-order valence-corrected chi connectivity index (χ4v) is 3.14. The van der Waals surface area contributed by atoms with Crippen LogP contribution in [0.3, 0.4) is 0 Å². The van der Waals surface area contributed by atoms with Crippen LogP contribution in [0.4, 0.5) is 0 Å². The summed E-state index contributed by atoms with van der Waals surface area (Å²) in [7, 11) is 0.961. The minimum absolute atomic E-state index is 0.667. The summed E-state index contributed by atoms with van der Waals surface area (Å²) < 4.78 is 4.95. The summed E-state index contributed by atoms with van der Waals surface area (Å²) in [5, 5.41) is 1.56. The van der Waals surface area contributed by atoms with Gasteiger partial charge in [-0.05, 0) is 18.2 Å². The molecule has 0 aliphatic carbocycles. The van der Waals surface area contributed by atoms with Gasteiger partial charge in [-0.1, -0.05) is 31.2 Å². The first-order valence-corrected chi connectivity index (χ1v) is 11.9. The third-order valence-electron chi connectivity index (χ3n) is 3.44. The van der Waals surface area contributed by atoms with Crippen molar-refractivity contribution in [3.8, 4) is 11.3 Å². The van der Waals surface area contributed by atoms with Gasteiger partial charge in [0.05, 0.1) is 10.7 Å². The molecule has 0 radical (unpaired) electrons. The number of hydrogen-bond donors (Lipinski definition) is 1. The topological polar surface area (TPSA) is 63.7 Å². The number of pyridine rings is 1. The maximum absolute atomic E-state index is 6.15. The molecule has 0 fully saturated rings. The molecule has 5 nitrogen and oxygen atoms in total. The normalized spacial score (nSPS) is 11.2. The Morgan fingerprint density at radius 3 is 2.54 bits per heavy atom. The van der Waals surface area contributed by atoms with E-state index in [-0.39, 0.29) is 0 Å². The predicted octanol–water partition coefficient (Wildman–Crippen LogP) is 4.64. The maximum Gasteiger partial charge on any atom is 0.139 e. The Morgan fingerprint density at radius 1 is 1.17 bits per heavy atom. The van der Waals surface area contributed by atoms with Crippen molar-refractivity contribution in [3.63, 3.8) is 0 Å².